The molecule has 3 aromatic heterocycles. The summed E-state index contributed by atoms with van der Waals surface area (Å²) >= 11 is 1.47. The maximum atomic E-state index is 12.9. The van der Waals surface area contributed by atoms with E-state index in [2.05, 4.69) is 33.5 Å². The fraction of sp³-hybridized carbons (Fsp3) is 0.304. The number of nitrogens with zero attached hydrogens (tertiary/aromatic N) is 4. The van der Waals surface area contributed by atoms with Crippen LogP contribution in [0.3, 0.4) is 0 Å². The van der Waals surface area contributed by atoms with Crippen LogP contribution in [0.5, 0.6) is 5.75 Å². The quantitative estimate of drug-likeness (QED) is 0.358. The lowest BCUT2D eigenvalue weighted by molar-refractivity contribution is 0.318. The highest BCUT2D eigenvalue weighted by Crippen LogP contribution is 2.32. The molecule has 3 heterocycles. The minimum absolute atomic E-state index is 0.211. The largest absolute Gasteiger partial charge is 0.493 e. The van der Waals surface area contributed by atoms with Gasteiger partial charge in [-0.3, -0.25) is 9.78 Å². The number of H-pyrrole nitrogens is 1. The van der Waals surface area contributed by atoms with Gasteiger partial charge in [-0.15, -0.1) is 5.10 Å². The molecule has 8 nitrogen and oxygen atoms in total. The maximum Gasteiger partial charge on any atom is 0.277 e. The van der Waals surface area contributed by atoms with Crippen LogP contribution in [-0.4, -0.2) is 31.2 Å². The van der Waals surface area contributed by atoms with Gasteiger partial charge in [0.05, 0.1) is 17.9 Å². The Labute approximate surface area is 190 Å². The molecule has 0 aliphatic heterocycles. The monoisotopic (exact) mass is 450 g/mol. The Morgan fingerprint density at radius 3 is 2.72 bits per heavy atom. The molecular formula is C23H26N6O2S. The number of aromatic nitrogens is 5. The number of hydrogen-bond acceptors (Lipinski definition) is 7. The summed E-state index contributed by atoms with van der Waals surface area (Å²) < 4.78 is 10.9. The zero-order valence-electron chi connectivity index (χ0n) is 18.4. The highest BCUT2D eigenvalue weighted by Gasteiger charge is 2.17. The molecule has 0 fully saturated rings. The summed E-state index contributed by atoms with van der Waals surface area (Å²) in [5.41, 5.74) is 2.63. The molecule has 0 aliphatic carbocycles. The molecule has 0 atom stereocenters. The van der Waals surface area contributed by atoms with Gasteiger partial charge in [0.25, 0.3) is 5.56 Å². The van der Waals surface area contributed by atoms with Gasteiger partial charge in [0, 0.05) is 29.4 Å². The van der Waals surface area contributed by atoms with Crippen molar-refractivity contribution in [2.24, 2.45) is 0 Å². The number of fused-ring (bicyclic) bond motifs is 1. The number of hydrogen-bond donors (Lipinski definition) is 2. The Hall–Kier alpha value is -3.33. The van der Waals surface area contributed by atoms with Crippen LogP contribution in [0.2, 0.25) is 0 Å². The Kier molecular flexibility index (Phi) is 6.75. The number of imidazole rings is 1. The molecule has 0 spiro atoms. The Morgan fingerprint density at radius 1 is 1.16 bits per heavy atom. The summed E-state index contributed by atoms with van der Waals surface area (Å²) in [5, 5.41) is 4.75. The average Bonchev–Trinajstić information content (AvgIpc) is 3.13. The van der Waals surface area contributed by atoms with E-state index in [4.69, 9.17) is 9.84 Å². The molecule has 0 bridgehead atoms. The lowest BCUT2D eigenvalue weighted by Gasteiger charge is -2.13. The third-order valence-electron chi connectivity index (χ3n) is 4.85. The van der Waals surface area contributed by atoms with E-state index in [-0.39, 0.29) is 5.56 Å². The van der Waals surface area contributed by atoms with Crippen molar-refractivity contribution in [2.75, 3.05) is 11.3 Å². The van der Waals surface area contributed by atoms with Crippen molar-refractivity contribution < 1.29 is 4.74 Å². The minimum Gasteiger partial charge on any atom is -0.493 e. The summed E-state index contributed by atoms with van der Waals surface area (Å²) in [6.07, 6.45) is 6.02. The van der Waals surface area contributed by atoms with Gasteiger partial charge in [0.2, 0.25) is 0 Å². The predicted molar refractivity (Wildman–Crippen MR) is 127 cm³/mol. The second-order valence-corrected chi connectivity index (χ2v) is 8.25. The van der Waals surface area contributed by atoms with E-state index >= 15 is 0 Å². The average molecular weight is 451 g/mol. The molecule has 32 heavy (non-hydrogen) atoms. The lowest BCUT2D eigenvalue weighted by atomic mass is 10.2. The summed E-state index contributed by atoms with van der Waals surface area (Å²) in [6.45, 7) is 6.55. The van der Waals surface area contributed by atoms with Crippen LogP contribution in [0.4, 0.5) is 5.69 Å². The smallest absolute Gasteiger partial charge is 0.277 e. The second kappa shape index (κ2) is 9.86. The molecule has 0 aliphatic rings. The normalized spacial score (nSPS) is 11.1. The van der Waals surface area contributed by atoms with Crippen molar-refractivity contribution in [3.05, 3.63) is 64.6 Å². The van der Waals surface area contributed by atoms with Gasteiger partial charge < -0.3 is 14.4 Å². The zero-order chi connectivity index (χ0) is 22.5. The number of rotatable bonds is 9. The van der Waals surface area contributed by atoms with E-state index in [0.29, 0.717) is 29.4 Å². The molecule has 0 saturated carbocycles. The van der Waals surface area contributed by atoms with Gasteiger partial charge >= 0.3 is 0 Å². The standard InChI is InChI=1S/C23H26N6O2S/c1-4-6-20-25-15(3)21-23(30)26-22(27-29(20)21)18-14-17(7-8-19(18)31-13-5-2)32-28-16-9-11-24-12-10-16/h7-12,14H,4-6,13H2,1-3H3,(H,24,28)(H,26,27,30). The van der Waals surface area contributed by atoms with Crippen LogP contribution >= 0.6 is 11.9 Å². The van der Waals surface area contributed by atoms with Gasteiger partial charge in [-0.05, 0) is 62.0 Å². The molecular weight excluding hydrogens is 424 g/mol. The first-order chi connectivity index (χ1) is 15.6. The highest BCUT2D eigenvalue weighted by atomic mass is 32.2. The molecule has 1 aromatic carbocycles. The fourth-order valence-corrected chi connectivity index (χ4v) is 4.06. The van der Waals surface area contributed by atoms with Crippen molar-refractivity contribution in [3.63, 3.8) is 0 Å². The first-order valence-corrected chi connectivity index (χ1v) is 11.5. The van der Waals surface area contributed by atoms with Crippen molar-refractivity contribution in [3.8, 4) is 17.1 Å². The third kappa shape index (κ3) is 4.62. The SMILES string of the molecule is CCCOc1ccc(SNc2ccncc2)cc1-c1nn2c(CCC)nc(C)c2c(=O)[nH]1. The minimum atomic E-state index is -0.211. The molecule has 0 unspecified atom stereocenters. The number of nitrogens with one attached hydrogen (secondary N) is 2. The Balaban J connectivity index is 1.76. The third-order valence-corrected chi connectivity index (χ3v) is 5.68. The number of anilines is 1. The summed E-state index contributed by atoms with van der Waals surface area (Å²) in [5.74, 6) is 1.92. The number of aromatic amines is 1. The van der Waals surface area contributed by atoms with Crippen molar-refractivity contribution >= 4 is 23.2 Å². The first kappa shape index (κ1) is 21.9. The maximum absolute atomic E-state index is 12.9. The molecule has 4 rings (SSSR count). The van der Waals surface area contributed by atoms with E-state index in [1.165, 1.54) is 11.9 Å². The number of aryl methyl sites for hydroxylation is 2. The van der Waals surface area contributed by atoms with Crippen LogP contribution in [-0.2, 0) is 6.42 Å². The van der Waals surface area contributed by atoms with Crippen molar-refractivity contribution in [2.45, 2.75) is 44.9 Å². The molecule has 166 valence electrons. The molecule has 0 saturated heterocycles. The highest BCUT2D eigenvalue weighted by molar-refractivity contribution is 8.00. The van der Waals surface area contributed by atoms with Crippen molar-refractivity contribution in [1.29, 1.82) is 0 Å². The van der Waals surface area contributed by atoms with Gasteiger partial charge in [-0.25, -0.2) is 9.50 Å². The van der Waals surface area contributed by atoms with Gasteiger partial charge in [-0.1, -0.05) is 13.8 Å². The molecule has 4 aromatic rings. The Bertz CT molecular complexity index is 1270. The summed E-state index contributed by atoms with van der Waals surface area (Å²) in [7, 11) is 0. The van der Waals surface area contributed by atoms with E-state index in [0.717, 1.165) is 41.2 Å². The van der Waals surface area contributed by atoms with Crippen LogP contribution in [0.25, 0.3) is 16.9 Å². The van der Waals surface area contributed by atoms with E-state index < -0.39 is 0 Å². The predicted octanol–water partition coefficient (Wildman–Crippen LogP) is 4.65. The Morgan fingerprint density at radius 2 is 1.97 bits per heavy atom. The number of benzene rings is 1. The van der Waals surface area contributed by atoms with Crippen LogP contribution < -0.4 is 15.0 Å². The van der Waals surface area contributed by atoms with Crippen LogP contribution in [0.15, 0.2) is 52.4 Å². The molecule has 0 amide bonds. The van der Waals surface area contributed by atoms with E-state index in [1.54, 1.807) is 16.9 Å². The first-order valence-electron chi connectivity index (χ1n) is 10.7. The van der Waals surface area contributed by atoms with E-state index in [1.807, 2.05) is 37.3 Å². The number of pyridine rings is 1. The molecule has 0 radical (unpaired) electrons. The summed E-state index contributed by atoms with van der Waals surface area (Å²) in [6, 6.07) is 9.66. The molecule has 2 N–H and O–H groups in total. The topological polar surface area (TPSA) is 97.2 Å². The lowest BCUT2D eigenvalue weighted by Crippen LogP contribution is -2.16. The van der Waals surface area contributed by atoms with Gasteiger partial charge in [-0.2, -0.15) is 0 Å². The second-order valence-electron chi connectivity index (χ2n) is 7.37. The van der Waals surface area contributed by atoms with E-state index in [9.17, 15) is 4.79 Å². The van der Waals surface area contributed by atoms with Crippen LogP contribution in [0, 0.1) is 6.92 Å². The zero-order valence-corrected chi connectivity index (χ0v) is 19.2. The van der Waals surface area contributed by atoms with Gasteiger partial charge in [0.1, 0.15) is 11.6 Å². The summed E-state index contributed by atoms with van der Waals surface area (Å²) in [4.78, 5) is 25.4. The fourth-order valence-electron chi connectivity index (χ4n) is 3.38. The number of ether oxygens (including phenoxy) is 1. The van der Waals surface area contributed by atoms with Gasteiger partial charge in [0.15, 0.2) is 11.3 Å². The molecule has 9 heteroatoms. The van der Waals surface area contributed by atoms with Crippen LogP contribution in [0.1, 0.15) is 38.2 Å². The van der Waals surface area contributed by atoms with Crippen molar-refractivity contribution in [1.82, 2.24) is 24.6 Å².